The first-order chi connectivity index (χ1) is 14.2. The highest BCUT2D eigenvalue weighted by Gasteiger charge is 2.47. The largest absolute Gasteiger partial charge is 0.465 e. The number of rotatable bonds is 2. The number of aliphatic hydroxyl groups excluding tert-OH is 1. The molecule has 0 spiro atoms. The molecule has 11 heteroatoms. The van der Waals surface area contributed by atoms with E-state index in [1.54, 1.807) is 20.8 Å². The number of hydrogen-bond acceptors (Lipinski definition) is 4. The average Bonchev–Trinajstić information content (AvgIpc) is 3.03. The molecule has 0 radical (unpaired) electrons. The maximum atomic E-state index is 14.7. The summed E-state index contributed by atoms with van der Waals surface area (Å²) in [6, 6.07) is 2.12. The highest BCUT2D eigenvalue weighted by molar-refractivity contribution is 7.12. The van der Waals surface area contributed by atoms with Crippen LogP contribution in [0.3, 0.4) is 0 Å². The molecule has 3 rings (SSSR count). The Hall–Kier alpha value is -2.27. The van der Waals surface area contributed by atoms with E-state index >= 15 is 0 Å². The van der Waals surface area contributed by atoms with Gasteiger partial charge in [0.05, 0.1) is 22.7 Å². The predicted molar refractivity (Wildman–Crippen MR) is 103 cm³/mol. The summed E-state index contributed by atoms with van der Waals surface area (Å²) in [7, 11) is 0. The maximum Gasteiger partial charge on any atom is 0.443 e. The molecule has 0 unspecified atom stereocenters. The fourth-order valence-corrected chi connectivity index (χ4v) is 5.13. The number of nitrogens with zero attached hydrogens (tertiary/aromatic N) is 2. The van der Waals surface area contributed by atoms with Crippen LogP contribution in [0.4, 0.5) is 26.7 Å². The van der Waals surface area contributed by atoms with Gasteiger partial charge in [0.25, 0.3) is 0 Å². The predicted octanol–water partition coefficient (Wildman–Crippen LogP) is 5.87. The minimum atomic E-state index is -4.81. The summed E-state index contributed by atoms with van der Waals surface area (Å²) in [5.74, 6) is -3.39. The van der Waals surface area contributed by atoms with E-state index in [0.717, 1.165) is 11.0 Å². The van der Waals surface area contributed by atoms with Crippen LogP contribution in [0, 0.1) is 11.6 Å². The van der Waals surface area contributed by atoms with Crippen molar-refractivity contribution < 1.29 is 37.0 Å². The molecule has 1 aliphatic rings. The Labute approximate surface area is 179 Å². The zero-order valence-electron chi connectivity index (χ0n) is 16.9. The molecule has 1 aromatic carbocycles. The summed E-state index contributed by atoms with van der Waals surface area (Å²) >= 11 is 0.220. The number of aromatic nitrogens is 1. The number of aliphatic hydroxyl groups is 1. The number of thiazole rings is 1. The van der Waals surface area contributed by atoms with Gasteiger partial charge in [-0.25, -0.2) is 18.6 Å². The van der Waals surface area contributed by atoms with Gasteiger partial charge in [-0.05, 0) is 45.2 Å². The van der Waals surface area contributed by atoms with Gasteiger partial charge < -0.3 is 10.2 Å². The third-order valence-electron chi connectivity index (χ3n) is 5.23. The summed E-state index contributed by atoms with van der Waals surface area (Å²) < 4.78 is 68.9. The minimum absolute atomic E-state index is 0.0104. The summed E-state index contributed by atoms with van der Waals surface area (Å²) in [6.07, 6.45) is -7.74. The molecule has 0 aliphatic heterocycles. The van der Waals surface area contributed by atoms with Gasteiger partial charge in [0.15, 0.2) is 16.6 Å². The Morgan fingerprint density at radius 2 is 1.84 bits per heavy atom. The first kappa shape index (κ1) is 23.4. The van der Waals surface area contributed by atoms with E-state index in [4.69, 9.17) is 0 Å². The molecule has 1 amide bonds. The number of halogens is 5. The number of carbonyl (C=O) groups is 1. The van der Waals surface area contributed by atoms with Gasteiger partial charge in [-0.2, -0.15) is 13.2 Å². The van der Waals surface area contributed by atoms with Gasteiger partial charge in [-0.3, -0.25) is 4.90 Å². The highest BCUT2D eigenvalue weighted by atomic mass is 32.1. The lowest BCUT2D eigenvalue weighted by Gasteiger charge is -2.42. The zero-order valence-corrected chi connectivity index (χ0v) is 17.7. The van der Waals surface area contributed by atoms with Gasteiger partial charge in [0.1, 0.15) is 0 Å². The van der Waals surface area contributed by atoms with Crippen molar-refractivity contribution in [2.24, 2.45) is 0 Å². The van der Waals surface area contributed by atoms with Crippen molar-refractivity contribution in [3.63, 3.8) is 0 Å². The number of fused-ring (bicyclic) bond motifs is 1. The molecule has 1 heterocycles. The molecule has 1 aliphatic carbocycles. The standard InChI is InChI=1S/C20H21F5N2O3S/c1-19(2,3)27(18(29)30)15-10(9-5-4-6-11(21)13(9)22)7-8-12(28)14-16(15)31-17(26-14)20(23,24)25/h4-6,10,12,15,28H,7-8H2,1-3H3,(H,29,30)/t10-,12+,15-/m0/s1. The summed E-state index contributed by atoms with van der Waals surface area (Å²) in [5, 5.41) is 19.2. The van der Waals surface area contributed by atoms with E-state index < -0.39 is 52.5 Å². The smallest absolute Gasteiger partial charge is 0.443 e. The van der Waals surface area contributed by atoms with Crippen LogP contribution >= 0.6 is 11.3 Å². The van der Waals surface area contributed by atoms with Crippen molar-refractivity contribution in [1.82, 2.24) is 9.88 Å². The monoisotopic (exact) mass is 464 g/mol. The third kappa shape index (κ3) is 4.38. The van der Waals surface area contributed by atoms with Crippen LogP contribution in [-0.2, 0) is 6.18 Å². The molecular formula is C20H21F5N2O3S. The second-order valence-electron chi connectivity index (χ2n) is 8.38. The van der Waals surface area contributed by atoms with E-state index in [1.165, 1.54) is 12.1 Å². The Kier molecular flexibility index (Phi) is 6.05. The highest BCUT2D eigenvalue weighted by Crippen LogP contribution is 2.51. The molecule has 31 heavy (non-hydrogen) atoms. The molecule has 0 bridgehead atoms. The summed E-state index contributed by atoms with van der Waals surface area (Å²) in [4.78, 5) is 16.6. The number of carboxylic acid groups (broad SMARTS) is 1. The van der Waals surface area contributed by atoms with Crippen LogP contribution in [0.1, 0.15) is 72.8 Å². The maximum absolute atomic E-state index is 14.7. The fraction of sp³-hybridized carbons (Fsp3) is 0.500. The molecule has 2 aromatic rings. The molecule has 170 valence electrons. The van der Waals surface area contributed by atoms with Crippen LogP contribution in [0.15, 0.2) is 18.2 Å². The van der Waals surface area contributed by atoms with Crippen LogP contribution in [-0.4, -0.2) is 31.7 Å². The normalized spacial score (nSPS) is 22.0. The van der Waals surface area contributed by atoms with Crippen molar-refractivity contribution in [2.45, 2.75) is 63.4 Å². The molecule has 5 nitrogen and oxygen atoms in total. The lowest BCUT2D eigenvalue weighted by molar-refractivity contribution is -0.137. The van der Waals surface area contributed by atoms with Crippen molar-refractivity contribution in [3.8, 4) is 0 Å². The first-order valence-corrected chi connectivity index (χ1v) is 10.3. The van der Waals surface area contributed by atoms with Crippen LogP contribution in [0.25, 0.3) is 0 Å². The van der Waals surface area contributed by atoms with Gasteiger partial charge in [0, 0.05) is 11.5 Å². The van der Waals surface area contributed by atoms with Crippen molar-refractivity contribution in [1.29, 1.82) is 0 Å². The second kappa shape index (κ2) is 8.01. The minimum Gasteiger partial charge on any atom is -0.465 e. The first-order valence-electron chi connectivity index (χ1n) is 9.45. The van der Waals surface area contributed by atoms with Crippen LogP contribution in [0.5, 0.6) is 0 Å². The molecule has 0 saturated carbocycles. The lowest BCUT2D eigenvalue weighted by atomic mass is 9.85. The third-order valence-corrected chi connectivity index (χ3v) is 6.41. The quantitative estimate of drug-likeness (QED) is 0.431. The van der Waals surface area contributed by atoms with Crippen molar-refractivity contribution >= 4 is 17.4 Å². The van der Waals surface area contributed by atoms with Gasteiger partial charge in [-0.15, -0.1) is 11.3 Å². The van der Waals surface area contributed by atoms with E-state index in [1.807, 2.05) is 0 Å². The molecule has 2 N–H and O–H groups in total. The van der Waals surface area contributed by atoms with Crippen molar-refractivity contribution in [2.75, 3.05) is 0 Å². The van der Waals surface area contributed by atoms with Crippen molar-refractivity contribution in [3.05, 3.63) is 51.0 Å². The molecular weight excluding hydrogens is 443 g/mol. The molecule has 1 aromatic heterocycles. The lowest BCUT2D eigenvalue weighted by Crippen LogP contribution is -2.48. The van der Waals surface area contributed by atoms with E-state index in [2.05, 4.69) is 4.98 Å². The molecule has 0 saturated heterocycles. The fourth-order valence-electron chi connectivity index (χ4n) is 3.98. The van der Waals surface area contributed by atoms with Gasteiger partial charge in [-0.1, -0.05) is 12.1 Å². The average molecular weight is 464 g/mol. The molecule has 0 fully saturated rings. The number of amides is 1. The summed E-state index contributed by atoms with van der Waals surface area (Å²) in [6.45, 7) is 4.65. The van der Waals surface area contributed by atoms with Crippen LogP contribution in [0.2, 0.25) is 0 Å². The SMILES string of the molecule is CC(C)(C)N(C(=O)O)[C@@H]1c2sc(C(F)(F)F)nc2[C@H](O)CC[C@H]1c1cccc(F)c1F. The van der Waals surface area contributed by atoms with E-state index in [-0.39, 0.29) is 40.3 Å². The Balaban J connectivity index is 2.32. The topological polar surface area (TPSA) is 73.7 Å². The number of alkyl halides is 3. The Morgan fingerprint density at radius 3 is 2.39 bits per heavy atom. The Bertz CT molecular complexity index is 986. The number of benzene rings is 1. The van der Waals surface area contributed by atoms with Crippen LogP contribution < -0.4 is 0 Å². The van der Waals surface area contributed by atoms with Gasteiger partial charge in [0.2, 0.25) is 0 Å². The Morgan fingerprint density at radius 1 is 1.19 bits per heavy atom. The second-order valence-corrected chi connectivity index (χ2v) is 9.41. The van der Waals surface area contributed by atoms with E-state index in [0.29, 0.717) is 0 Å². The zero-order chi connectivity index (χ0) is 23.3. The van der Waals surface area contributed by atoms with Gasteiger partial charge >= 0.3 is 12.3 Å². The summed E-state index contributed by atoms with van der Waals surface area (Å²) in [5.41, 5.74) is -1.55. The molecule has 3 atom stereocenters. The van der Waals surface area contributed by atoms with E-state index in [9.17, 15) is 37.0 Å². The number of hydrogen-bond donors (Lipinski definition) is 2.